The molecule has 3 rings (SSSR count). The molecule has 0 saturated carbocycles. The lowest BCUT2D eigenvalue weighted by atomic mass is 9.88. The zero-order chi connectivity index (χ0) is 18.7. The van der Waals surface area contributed by atoms with E-state index < -0.39 is 5.97 Å². The van der Waals surface area contributed by atoms with Crippen molar-refractivity contribution < 1.29 is 24.2 Å². The van der Waals surface area contributed by atoms with Crippen molar-refractivity contribution in [3.05, 3.63) is 23.0 Å². The minimum atomic E-state index is -0.704. The van der Waals surface area contributed by atoms with Crippen molar-refractivity contribution in [2.24, 2.45) is 11.8 Å². The first kappa shape index (κ1) is 18.9. The molecule has 2 aliphatic rings. The fraction of sp³-hybridized carbons (Fsp3) is 0.684. The second-order valence-corrected chi connectivity index (χ2v) is 7.39. The Kier molecular flexibility index (Phi) is 5.98. The highest BCUT2D eigenvalue weighted by Crippen LogP contribution is 2.27. The molecule has 2 aliphatic heterocycles. The van der Waals surface area contributed by atoms with Crippen LogP contribution in [0.4, 0.5) is 0 Å². The van der Waals surface area contributed by atoms with Crippen LogP contribution in [0.2, 0.25) is 0 Å². The number of esters is 1. The van der Waals surface area contributed by atoms with Gasteiger partial charge in [-0.05, 0) is 44.3 Å². The normalized spacial score (nSPS) is 19.8. The first-order valence-corrected chi connectivity index (χ1v) is 9.32. The number of carbonyl (C=O) groups excluding carboxylic acids is 1. The molecule has 1 aromatic rings. The maximum absolute atomic E-state index is 12.0. The number of carboxylic acids is 1. The van der Waals surface area contributed by atoms with Gasteiger partial charge in [-0.1, -0.05) is 6.92 Å². The summed E-state index contributed by atoms with van der Waals surface area (Å²) < 4.78 is 12.6. The van der Waals surface area contributed by atoms with Gasteiger partial charge in [-0.2, -0.15) is 0 Å². The van der Waals surface area contributed by atoms with Gasteiger partial charge in [-0.25, -0.2) is 4.79 Å². The smallest absolute Gasteiger partial charge is 0.339 e. The SMILES string of the molecule is COC(=O)c1cc(CN2CCC(CC(C)C(=O)O)CC2)n2c1COCC2. The molecule has 1 N–H and O–H groups in total. The Morgan fingerprint density at radius 2 is 2.08 bits per heavy atom. The molecule has 1 unspecified atom stereocenters. The highest BCUT2D eigenvalue weighted by Gasteiger charge is 2.27. The quantitative estimate of drug-likeness (QED) is 0.779. The zero-order valence-electron chi connectivity index (χ0n) is 15.6. The first-order valence-electron chi connectivity index (χ1n) is 9.32. The van der Waals surface area contributed by atoms with Crippen LogP contribution in [-0.4, -0.2) is 53.3 Å². The lowest BCUT2D eigenvalue weighted by Gasteiger charge is -2.33. The molecule has 3 heterocycles. The van der Waals surface area contributed by atoms with Crippen LogP contribution >= 0.6 is 0 Å². The number of hydrogen-bond acceptors (Lipinski definition) is 5. The molecule has 7 nitrogen and oxygen atoms in total. The van der Waals surface area contributed by atoms with Crippen molar-refractivity contribution in [1.29, 1.82) is 0 Å². The van der Waals surface area contributed by atoms with Crippen LogP contribution in [0.5, 0.6) is 0 Å². The lowest BCUT2D eigenvalue weighted by molar-refractivity contribution is -0.141. The Morgan fingerprint density at radius 3 is 2.73 bits per heavy atom. The third-order valence-electron chi connectivity index (χ3n) is 5.60. The second-order valence-electron chi connectivity index (χ2n) is 7.39. The zero-order valence-corrected chi connectivity index (χ0v) is 15.6. The van der Waals surface area contributed by atoms with Crippen LogP contribution in [0, 0.1) is 11.8 Å². The van der Waals surface area contributed by atoms with Gasteiger partial charge in [0, 0.05) is 18.8 Å². The number of carbonyl (C=O) groups is 2. The van der Waals surface area contributed by atoms with Gasteiger partial charge in [-0.3, -0.25) is 9.69 Å². The van der Waals surface area contributed by atoms with E-state index in [9.17, 15) is 9.59 Å². The fourth-order valence-electron chi connectivity index (χ4n) is 4.03. The van der Waals surface area contributed by atoms with Gasteiger partial charge in [0.05, 0.1) is 37.5 Å². The van der Waals surface area contributed by atoms with Gasteiger partial charge in [0.1, 0.15) is 0 Å². The Morgan fingerprint density at radius 1 is 1.35 bits per heavy atom. The van der Waals surface area contributed by atoms with Crippen LogP contribution in [0.3, 0.4) is 0 Å². The van der Waals surface area contributed by atoms with Crippen molar-refractivity contribution in [3.8, 4) is 0 Å². The Bertz CT molecular complexity index is 661. The molecule has 1 fully saturated rings. The predicted octanol–water partition coefficient (Wildman–Crippen LogP) is 2.13. The van der Waals surface area contributed by atoms with Gasteiger partial charge in [-0.15, -0.1) is 0 Å². The van der Waals surface area contributed by atoms with Crippen LogP contribution in [0.1, 0.15) is 47.9 Å². The average molecular weight is 364 g/mol. The monoisotopic (exact) mass is 364 g/mol. The molecular weight excluding hydrogens is 336 g/mol. The maximum Gasteiger partial charge on any atom is 0.339 e. The van der Waals surface area contributed by atoms with Crippen LogP contribution < -0.4 is 0 Å². The number of aliphatic carboxylic acids is 1. The van der Waals surface area contributed by atoms with E-state index in [0.717, 1.165) is 56.8 Å². The maximum atomic E-state index is 12.0. The molecule has 0 bridgehead atoms. The molecule has 144 valence electrons. The summed E-state index contributed by atoms with van der Waals surface area (Å²) in [5, 5.41) is 9.08. The van der Waals surface area contributed by atoms with E-state index in [-0.39, 0.29) is 11.9 Å². The Labute approximate surface area is 153 Å². The van der Waals surface area contributed by atoms with E-state index in [1.807, 2.05) is 6.07 Å². The summed E-state index contributed by atoms with van der Waals surface area (Å²) in [5.74, 6) is -0.805. The van der Waals surface area contributed by atoms with Crippen LogP contribution in [-0.2, 0) is 34.0 Å². The van der Waals surface area contributed by atoms with E-state index >= 15 is 0 Å². The topological polar surface area (TPSA) is 81.0 Å². The summed E-state index contributed by atoms with van der Waals surface area (Å²) in [6.07, 6.45) is 2.81. The summed E-state index contributed by atoms with van der Waals surface area (Å²) in [6, 6.07) is 1.94. The van der Waals surface area contributed by atoms with E-state index in [1.165, 1.54) is 7.11 Å². The molecule has 1 saturated heterocycles. The molecule has 7 heteroatoms. The number of hydrogen-bond donors (Lipinski definition) is 1. The lowest BCUT2D eigenvalue weighted by Crippen LogP contribution is -2.35. The van der Waals surface area contributed by atoms with Gasteiger partial charge in [0.15, 0.2) is 0 Å². The van der Waals surface area contributed by atoms with E-state index in [1.54, 1.807) is 6.92 Å². The van der Waals surface area contributed by atoms with Crippen molar-refractivity contribution in [1.82, 2.24) is 9.47 Å². The van der Waals surface area contributed by atoms with Crippen molar-refractivity contribution >= 4 is 11.9 Å². The van der Waals surface area contributed by atoms with Crippen molar-refractivity contribution in [2.75, 3.05) is 26.8 Å². The number of piperidine rings is 1. The summed E-state index contributed by atoms with van der Waals surface area (Å²) in [6.45, 7) is 6.37. The third kappa shape index (κ3) is 4.10. The largest absolute Gasteiger partial charge is 0.481 e. The number of carboxylic acid groups (broad SMARTS) is 1. The second kappa shape index (κ2) is 8.22. The van der Waals surface area contributed by atoms with E-state index in [0.29, 0.717) is 24.7 Å². The van der Waals surface area contributed by atoms with E-state index in [2.05, 4.69) is 9.47 Å². The van der Waals surface area contributed by atoms with Crippen molar-refractivity contribution in [2.45, 2.75) is 45.9 Å². The van der Waals surface area contributed by atoms with E-state index in [4.69, 9.17) is 14.6 Å². The van der Waals surface area contributed by atoms with Crippen LogP contribution in [0.15, 0.2) is 6.07 Å². The minimum Gasteiger partial charge on any atom is -0.481 e. The molecule has 26 heavy (non-hydrogen) atoms. The van der Waals surface area contributed by atoms with Gasteiger partial charge in [0.2, 0.25) is 0 Å². The molecule has 0 aromatic carbocycles. The predicted molar refractivity (Wildman–Crippen MR) is 94.8 cm³/mol. The highest BCUT2D eigenvalue weighted by molar-refractivity contribution is 5.91. The number of aromatic nitrogens is 1. The van der Waals surface area contributed by atoms with Crippen molar-refractivity contribution in [3.63, 3.8) is 0 Å². The number of ether oxygens (including phenoxy) is 2. The molecule has 0 amide bonds. The van der Waals surface area contributed by atoms with Crippen LogP contribution in [0.25, 0.3) is 0 Å². The minimum absolute atomic E-state index is 0.271. The fourth-order valence-corrected chi connectivity index (χ4v) is 4.03. The first-order chi connectivity index (χ1) is 12.5. The standard InChI is InChI=1S/C19H28N2O5/c1-13(18(22)23)9-14-3-5-20(6-4-14)11-15-10-16(19(24)25-2)17-12-26-8-7-21(15)17/h10,13-14H,3-9,11-12H2,1-2H3,(H,22,23). The summed E-state index contributed by atoms with van der Waals surface area (Å²) in [7, 11) is 1.40. The molecular formula is C19H28N2O5. The highest BCUT2D eigenvalue weighted by atomic mass is 16.5. The third-order valence-corrected chi connectivity index (χ3v) is 5.60. The van der Waals surface area contributed by atoms with Gasteiger partial charge >= 0.3 is 11.9 Å². The summed E-state index contributed by atoms with van der Waals surface area (Å²) in [5.41, 5.74) is 2.64. The molecule has 1 atom stereocenters. The number of fused-ring (bicyclic) bond motifs is 1. The molecule has 0 aliphatic carbocycles. The molecule has 0 spiro atoms. The summed E-state index contributed by atoms with van der Waals surface area (Å²) >= 11 is 0. The summed E-state index contributed by atoms with van der Waals surface area (Å²) in [4.78, 5) is 25.5. The van der Waals surface area contributed by atoms with Gasteiger partial charge in [0.25, 0.3) is 0 Å². The average Bonchev–Trinajstić information content (AvgIpc) is 3.01. The number of nitrogens with zero attached hydrogens (tertiary/aromatic N) is 2. The number of methoxy groups -OCH3 is 1. The molecule has 0 radical (unpaired) electrons. The molecule has 1 aromatic heterocycles. The number of likely N-dealkylation sites (tertiary alicyclic amines) is 1. The number of rotatable bonds is 6. The Hall–Kier alpha value is -1.86. The Balaban J connectivity index is 1.63. The van der Waals surface area contributed by atoms with Gasteiger partial charge < -0.3 is 19.1 Å².